The zero-order valence-electron chi connectivity index (χ0n) is 14.1. The molecule has 4 heteroatoms. The van der Waals surface area contributed by atoms with E-state index in [1.165, 1.54) is 16.8 Å². The summed E-state index contributed by atoms with van der Waals surface area (Å²) in [4.78, 5) is 4.10. The Morgan fingerprint density at radius 2 is 1.75 bits per heavy atom. The number of fused-ring (bicyclic) bond motifs is 1. The second kappa shape index (κ2) is 6.64. The number of nitrogens with zero attached hydrogens (tertiary/aromatic N) is 4. The predicted molar refractivity (Wildman–Crippen MR) is 95.0 cm³/mol. The van der Waals surface area contributed by atoms with E-state index in [2.05, 4.69) is 43.1 Å². The maximum Gasteiger partial charge on any atom is 0.179 e. The molecule has 0 unspecified atom stereocenters. The Morgan fingerprint density at radius 1 is 1.04 bits per heavy atom. The van der Waals surface area contributed by atoms with Crippen LogP contribution in [0.25, 0.3) is 11.1 Å². The van der Waals surface area contributed by atoms with Gasteiger partial charge in [-0.1, -0.05) is 12.1 Å². The van der Waals surface area contributed by atoms with Crippen molar-refractivity contribution in [1.82, 2.24) is 4.90 Å². The van der Waals surface area contributed by atoms with Crippen LogP contribution in [0.3, 0.4) is 0 Å². The van der Waals surface area contributed by atoms with E-state index in [1.807, 2.05) is 24.3 Å². The third kappa shape index (κ3) is 2.79. The summed E-state index contributed by atoms with van der Waals surface area (Å²) in [5.74, 6) is 0. The van der Waals surface area contributed by atoms with Crippen molar-refractivity contribution in [3.8, 4) is 23.4 Å². The molecule has 24 heavy (non-hydrogen) atoms. The van der Waals surface area contributed by atoms with Gasteiger partial charge in [-0.3, -0.25) is 0 Å². The third-order valence-electron chi connectivity index (χ3n) is 4.63. The van der Waals surface area contributed by atoms with Gasteiger partial charge in [0.25, 0.3) is 0 Å². The fourth-order valence-electron chi connectivity index (χ4n) is 3.32. The summed E-state index contributed by atoms with van der Waals surface area (Å²) in [7, 11) is 0. The van der Waals surface area contributed by atoms with Gasteiger partial charge in [0, 0.05) is 18.8 Å². The summed E-state index contributed by atoms with van der Waals surface area (Å²) in [6.45, 7) is 7.53. The smallest absolute Gasteiger partial charge is 0.179 e. The molecule has 1 heterocycles. The molecule has 0 saturated heterocycles. The Bertz CT molecular complexity index is 820. The second-order valence-electron chi connectivity index (χ2n) is 5.95. The van der Waals surface area contributed by atoms with Gasteiger partial charge in [0.05, 0.1) is 24.7 Å². The largest absolute Gasteiger partial charge is 0.372 e. The van der Waals surface area contributed by atoms with E-state index in [4.69, 9.17) is 5.26 Å². The molecule has 0 atom stereocenters. The van der Waals surface area contributed by atoms with E-state index in [0.29, 0.717) is 18.7 Å². The van der Waals surface area contributed by atoms with Gasteiger partial charge in [-0.25, -0.2) is 0 Å². The van der Waals surface area contributed by atoms with Gasteiger partial charge in [0.1, 0.15) is 0 Å². The van der Waals surface area contributed by atoms with Crippen LogP contribution in [0.5, 0.6) is 0 Å². The molecular formula is C20H20N4. The molecule has 4 nitrogen and oxygen atoms in total. The summed E-state index contributed by atoms with van der Waals surface area (Å²) < 4.78 is 0. The van der Waals surface area contributed by atoms with Crippen molar-refractivity contribution in [3.63, 3.8) is 0 Å². The summed E-state index contributed by atoms with van der Waals surface area (Å²) in [6, 6.07) is 14.3. The molecule has 1 aliphatic rings. The van der Waals surface area contributed by atoms with E-state index in [0.717, 1.165) is 24.2 Å². The van der Waals surface area contributed by atoms with Gasteiger partial charge in [-0.05, 0) is 60.4 Å². The summed E-state index contributed by atoms with van der Waals surface area (Å²) >= 11 is 0. The molecule has 0 bridgehead atoms. The highest BCUT2D eigenvalue weighted by Gasteiger charge is 2.23. The van der Waals surface area contributed by atoms with Crippen LogP contribution >= 0.6 is 0 Å². The van der Waals surface area contributed by atoms with E-state index in [1.54, 1.807) is 4.90 Å². The minimum absolute atomic E-state index is 0.652. The van der Waals surface area contributed by atoms with Crippen molar-refractivity contribution in [2.45, 2.75) is 26.9 Å². The first kappa shape index (κ1) is 15.9. The zero-order valence-corrected chi connectivity index (χ0v) is 14.1. The lowest BCUT2D eigenvalue weighted by Crippen LogP contribution is -2.22. The van der Waals surface area contributed by atoms with Crippen LogP contribution in [0.15, 0.2) is 36.4 Å². The average molecular weight is 316 g/mol. The van der Waals surface area contributed by atoms with E-state index < -0.39 is 0 Å². The number of rotatable bonds is 4. The highest BCUT2D eigenvalue weighted by molar-refractivity contribution is 5.75. The lowest BCUT2D eigenvalue weighted by atomic mass is 9.95. The Hall–Kier alpha value is -2.98. The average Bonchev–Trinajstić information content (AvgIpc) is 3.05. The van der Waals surface area contributed by atoms with Gasteiger partial charge < -0.3 is 9.80 Å². The van der Waals surface area contributed by atoms with E-state index >= 15 is 0 Å². The monoisotopic (exact) mass is 316 g/mol. The van der Waals surface area contributed by atoms with Crippen LogP contribution in [-0.4, -0.2) is 18.0 Å². The van der Waals surface area contributed by atoms with Crippen molar-refractivity contribution >= 4 is 5.69 Å². The molecule has 0 aromatic heterocycles. The second-order valence-corrected chi connectivity index (χ2v) is 5.95. The maximum atomic E-state index is 9.27. The highest BCUT2D eigenvalue weighted by atomic mass is 15.1. The lowest BCUT2D eigenvalue weighted by Gasteiger charge is -2.23. The molecule has 2 aromatic carbocycles. The number of hydrogen-bond acceptors (Lipinski definition) is 4. The van der Waals surface area contributed by atoms with Crippen LogP contribution in [0.4, 0.5) is 5.69 Å². The fraction of sp³-hybridized carbons (Fsp3) is 0.300. The Labute approximate surface area is 143 Å². The van der Waals surface area contributed by atoms with Gasteiger partial charge in [-0.2, -0.15) is 10.5 Å². The number of anilines is 1. The molecule has 0 fully saturated rings. The summed E-state index contributed by atoms with van der Waals surface area (Å²) in [6.07, 6.45) is 2.26. The Morgan fingerprint density at radius 3 is 2.33 bits per heavy atom. The van der Waals surface area contributed by atoms with Gasteiger partial charge in [0.2, 0.25) is 0 Å². The molecule has 0 N–H and O–H groups in total. The number of hydrogen-bond donors (Lipinski definition) is 0. The number of nitriles is 2. The standard InChI is InChI=1S/C20H20N4/c1-3-24(4-2)18-9-17-12-23(14-22)13-20(17)19(10-18)16-7-5-15(11-21)6-8-16/h5-10H,3-4,12-13H2,1-2H3. The molecule has 0 spiro atoms. The maximum absolute atomic E-state index is 9.27. The van der Waals surface area contributed by atoms with Crippen molar-refractivity contribution in [1.29, 1.82) is 10.5 Å². The summed E-state index contributed by atoms with van der Waals surface area (Å²) in [5.41, 5.74) is 6.56. The van der Waals surface area contributed by atoms with Gasteiger partial charge in [-0.15, -0.1) is 0 Å². The molecule has 3 rings (SSSR count). The SMILES string of the molecule is CCN(CC)c1cc2c(c(-c3ccc(C#N)cc3)c1)CN(C#N)C2. The van der Waals surface area contributed by atoms with Crippen LogP contribution in [0.1, 0.15) is 30.5 Å². The lowest BCUT2D eigenvalue weighted by molar-refractivity contribution is 0.417. The molecule has 2 aromatic rings. The molecule has 0 aliphatic carbocycles. The minimum atomic E-state index is 0.652. The molecule has 1 aliphatic heterocycles. The van der Waals surface area contributed by atoms with Crippen molar-refractivity contribution in [3.05, 3.63) is 53.1 Å². The topological polar surface area (TPSA) is 54.1 Å². The van der Waals surface area contributed by atoms with Crippen LogP contribution in [0, 0.1) is 22.8 Å². The first-order chi connectivity index (χ1) is 11.7. The summed E-state index contributed by atoms with van der Waals surface area (Å²) in [5, 5.41) is 18.3. The normalized spacial score (nSPS) is 12.4. The zero-order chi connectivity index (χ0) is 17.1. The minimum Gasteiger partial charge on any atom is -0.372 e. The first-order valence-electron chi connectivity index (χ1n) is 8.26. The quantitative estimate of drug-likeness (QED) is 0.804. The predicted octanol–water partition coefficient (Wildman–Crippen LogP) is 3.87. The fourth-order valence-corrected chi connectivity index (χ4v) is 3.32. The Kier molecular flexibility index (Phi) is 4.40. The third-order valence-corrected chi connectivity index (χ3v) is 4.63. The number of benzene rings is 2. The Balaban J connectivity index is 2.13. The molecule has 0 saturated carbocycles. The molecule has 0 amide bonds. The van der Waals surface area contributed by atoms with E-state index in [-0.39, 0.29) is 0 Å². The van der Waals surface area contributed by atoms with Crippen molar-refractivity contribution in [2.24, 2.45) is 0 Å². The van der Waals surface area contributed by atoms with Gasteiger partial charge in [0.15, 0.2) is 6.19 Å². The van der Waals surface area contributed by atoms with Crippen LogP contribution in [-0.2, 0) is 13.1 Å². The molecular weight excluding hydrogens is 296 g/mol. The first-order valence-corrected chi connectivity index (χ1v) is 8.26. The highest BCUT2D eigenvalue weighted by Crippen LogP contribution is 2.36. The molecule has 0 radical (unpaired) electrons. The van der Waals surface area contributed by atoms with Crippen LogP contribution in [0.2, 0.25) is 0 Å². The van der Waals surface area contributed by atoms with E-state index in [9.17, 15) is 5.26 Å². The van der Waals surface area contributed by atoms with Crippen molar-refractivity contribution in [2.75, 3.05) is 18.0 Å². The van der Waals surface area contributed by atoms with Crippen molar-refractivity contribution < 1.29 is 0 Å². The van der Waals surface area contributed by atoms with Gasteiger partial charge >= 0.3 is 0 Å². The molecule has 120 valence electrons. The van der Waals surface area contributed by atoms with Crippen LogP contribution < -0.4 is 4.90 Å².